The zero-order chi connectivity index (χ0) is 28.7. The molecule has 1 amide bonds. The van der Waals surface area contributed by atoms with Gasteiger partial charge in [-0.15, -0.1) is 0 Å². The molecule has 0 spiro atoms. The molecule has 2 atom stereocenters. The molecule has 8 heteroatoms. The first kappa shape index (κ1) is 27.8. The molecule has 2 aromatic carbocycles. The molecule has 5 rings (SSSR count). The number of amides is 1. The average Bonchev–Trinajstić information content (AvgIpc) is 3.83. The van der Waals surface area contributed by atoms with E-state index in [1.54, 1.807) is 78.9 Å². The molecule has 0 radical (unpaired) electrons. The molecule has 0 saturated heterocycles. The minimum Gasteiger partial charge on any atom is -0.460 e. The lowest BCUT2D eigenvalue weighted by atomic mass is 9.99. The molecular weight excluding hydrogens is 522 g/mol. The van der Waals surface area contributed by atoms with Crippen LogP contribution in [-0.2, 0) is 23.8 Å². The minimum atomic E-state index is -1.56. The molecule has 0 heterocycles. The van der Waals surface area contributed by atoms with Crippen LogP contribution in [0.3, 0.4) is 0 Å². The fourth-order valence-corrected chi connectivity index (χ4v) is 4.79. The maximum absolute atomic E-state index is 13.4. The number of hydrogen-bond donors (Lipinski definition) is 1. The lowest BCUT2D eigenvalue weighted by molar-refractivity contribution is -0.144. The standard InChI is InChI=1S/C33H31NO7/c35-29(23-11-4-1-5-12-23)34-33(20-39-30(36)24-13-6-2-7-14-24,21-40-31(37)25-15-8-3-9-16-25)22-41-32(38)27-18-10-17-26-19-28(26)27/h1-4,6-11,13-18,26,28H,5,12,19-22H2,(H,34,35)/t26?,28-/m0/s1. The van der Waals surface area contributed by atoms with E-state index in [2.05, 4.69) is 11.4 Å². The number of benzene rings is 2. The Bertz CT molecular complexity index is 1370. The van der Waals surface area contributed by atoms with Crippen molar-refractivity contribution >= 4 is 23.8 Å². The van der Waals surface area contributed by atoms with Crippen LogP contribution >= 0.6 is 0 Å². The van der Waals surface area contributed by atoms with Crippen molar-refractivity contribution in [3.8, 4) is 0 Å². The summed E-state index contributed by atoms with van der Waals surface area (Å²) >= 11 is 0. The Morgan fingerprint density at radius 2 is 1.34 bits per heavy atom. The van der Waals surface area contributed by atoms with Gasteiger partial charge in [0.1, 0.15) is 25.4 Å². The number of fused-ring (bicyclic) bond motifs is 1. The van der Waals surface area contributed by atoms with Gasteiger partial charge in [-0.1, -0.05) is 72.9 Å². The third-order valence-corrected chi connectivity index (χ3v) is 7.25. The lowest BCUT2D eigenvalue weighted by Crippen LogP contribution is -2.59. The van der Waals surface area contributed by atoms with E-state index in [4.69, 9.17) is 14.2 Å². The summed E-state index contributed by atoms with van der Waals surface area (Å²) in [7, 11) is 0. The van der Waals surface area contributed by atoms with E-state index in [1.807, 2.05) is 12.2 Å². The second-order valence-electron chi connectivity index (χ2n) is 10.4. The zero-order valence-corrected chi connectivity index (χ0v) is 22.5. The van der Waals surface area contributed by atoms with Crippen molar-refractivity contribution in [1.29, 1.82) is 0 Å². The summed E-state index contributed by atoms with van der Waals surface area (Å²) < 4.78 is 17.0. The van der Waals surface area contributed by atoms with Gasteiger partial charge in [0.05, 0.1) is 11.1 Å². The number of allylic oxidation sites excluding steroid dienone is 6. The summed E-state index contributed by atoms with van der Waals surface area (Å²) in [6.07, 6.45) is 13.2. The largest absolute Gasteiger partial charge is 0.460 e. The van der Waals surface area contributed by atoms with E-state index in [9.17, 15) is 19.2 Å². The van der Waals surface area contributed by atoms with Crippen molar-refractivity contribution in [1.82, 2.24) is 5.32 Å². The molecular formula is C33H31NO7. The number of ether oxygens (including phenoxy) is 3. The molecule has 0 bridgehead atoms. The van der Waals surface area contributed by atoms with Crippen LogP contribution in [0.25, 0.3) is 0 Å². The van der Waals surface area contributed by atoms with Crippen LogP contribution < -0.4 is 5.32 Å². The van der Waals surface area contributed by atoms with Gasteiger partial charge in [0.2, 0.25) is 5.91 Å². The summed E-state index contributed by atoms with van der Waals surface area (Å²) in [5, 5.41) is 2.89. The topological polar surface area (TPSA) is 108 Å². The van der Waals surface area contributed by atoms with Gasteiger partial charge in [0, 0.05) is 11.1 Å². The fraction of sp³-hybridized carbons (Fsp3) is 0.273. The fourth-order valence-electron chi connectivity index (χ4n) is 4.79. The Morgan fingerprint density at radius 3 is 1.90 bits per heavy atom. The minimum absolute atomic E-state index is 0.113. The van der Waals surface area contributed by atoms with Gasteiger partial charge in [0.15, 0.2) is 0 Å². The molecule has 0 aliphatic heterocycles. The van der Waals surface area contributed by atoms with E-state index < -0.39 is 42.6 Å². The third-order valence-electron chi connectivity index (χ3n) is 7.25. The van der Waals surface area contributed by atoms with Crippen LogP contribution in [0.2, 0.25) is 0 Å². The van der Waals surface area contributed by atoms with Crippen LogP contribution in [-0.4, -0.2) is 49.2 Å². The van der Waals surface area contributed by atoms with Crippen molar-refractivity contribution in [3.63, 3.8) is 0 Å². The maximum Gasteiger partial charge on any atom is 0.338 e. The first-order valence-electron chi connectivity index (χ1n) is 13.6. The maximum atomic E-state index is 13.4. The molecule has 1 unspecified atom stereocenters. The molecule has 41 heavy (non-hydrogen) atoms. The van der Waals surface area contributed by atoms with Gasteiger partial charge < -0.3 is 19.5 Å². The second-order valence-corrected chi connectivity index (χ2v) is 10.4. The number of esters is 3. The number of rotatable bonds is 11. The Hall–Kier alpha value is -4.72. The van der Waals surface area contributed by atoms with Gasteiger partial charge in [-0.05, 0) is 55.4 Å². The SMILES string of the molecule is O=C(NC(COC(=O)C1=CC=CC2C[C@H]12)(COC(=O)c1ccccc1)COC(=O)c1ccccc1)C1=CC=CCC1. The summed E-state index contributed by atoms with van der Waals surface area (Å²) in [4.78, 5) is 52.3. The van der Waals surface area contributed by atoms with E-state index in [0.717, 1.165) is 6.42 Å². The Kier molecular flexibility index (Phi) is 8.58. The second kappa shape index (κ2) is 12.6. The summed E-state index contributed by atoms with van der Waals surface area (Å²) in [5.41, 5.74) is 0.126. The van der Waals surface area contributed by atoms with Crippen molar-refractivity contribution in [3.05, 3.63) is 119 Å². The summed E-state index contributed by atoms with van der Waals surface area (Å²) in [6.45, 7) is -1.20. The Morgan fingerprint density at radius 1 is 0.756 bits per heavy atom. The monoisotopic (exact) mass is 553 g/mol. The van der Waals surface area contributed by atoms with Crippen molar-refractivity contribution in [2.45, 2.75) is 24.8 Å². The highest BCUT2D eigenvalue weighted by atomic mass is 16.6. The molecule has 8 nitrogen and oxygen atoms in total. The molecule has 3 aliphatic rings. The van der Waals surface area contributed by atoms with Gasteiger partial charge in [-0.25, -0.2) is 14.4 Å². The van der Waals surface area contributed by atoms with Crippen molar-refractivity contribution < 1.29 is 33.4 Å². The van der Waals surface area contributed by atoms with Gasteiger partial charge in [0.25, 0.3) is 0 Å². The van der Waals surface area contributed by atoms with Crippen LogP contribution in [0, 0.1) is 11.8 Å². The van der Waals surface area contributed by atoms with Crippen molar-refractivity contribution in [2.24, 2.45) is 11.8 Å². The smallest absolute Gasteiger partial charge is 0.338 e. The number of nitrogens with one attached hydrogen (secondary N) is 1. The van der Waals surface area contributed by atoms with Crippen LogP contribution in [0.4, 0.5) is 0 Å². The Labute approximate surface area is 238 Å². The molecule has 1 fully saturated rings. The predicted octanol–water partition coefficient (Wildman–Crippen LogP) is 4.51. The van der Waals surface area contributed by atoms with E-state index >= 15 is 0 Å². The van der Waals surface area contributed by atoms with Crippen molar-refractivity contribution in [2.75, 3.05) is 19.8 Å². The highest BCUT2D eigenvalue weighted by Crippen LogP contribution is 2.47. The molecule has 210 valence electrons. The highest BCUT2D eigenvalue weighted by molar-refractivity contribution is 5.95. The summed E-state index contributed by atoms with van der Waals surface area (Å²) in [6, 6.07) is 16.8. The molecule has 2 aromatic rings. The lowest BCUT2D eigenvalue weighted by Gasteiger charge is -2.33. The normalized spacial score (nSPS) is 18.7. The van der Waals surface area contributed by atoms with E-state index in [0.29, 0.717) is 41.0 Å². The third kappa shape index (κ3) is 7.08. The Balaban J connectivity index is 1.39. The van der Waals surface area contributed by atoms with Crippen LogP contribution in [0.15, 0.2) is 108 Å². The number of hydrogen-bond acceptors (Lipinski definition) is 7. The first-order valence-corrected chi connectivity index (χ1v) is 13.6. The first-order chi connectivity index (χ1) is 19.9. The predicted molar refractivity (Wildman–Crippen MR) is 151 cm³/mol. The number of carbonyl (C=O) groups excluding carboxylic acids is 4. The van der Waals surface area contributed by atoms with E-state index in [-0.39, 0.29) is 12.5 Å². The summed E-state index contributed by atoms with van der Waals surface area (Å²) in [5.74, 6) is -1.78. The zero-order valence-electron chi connectivity index (χ0n) is 22.5. The average molecular weight is 554 g/mol. The molecule has 3 aliphatic carbocycles. The van der Waals surface area contributed by atoms with E-state index in [1.165, 1.54) is 0 Å². The van der Waals surface area contributed by atoms with Crippen LogP contribution in [0.5, 0.6) is 0 Å². The van der Waals surface area contributed by atoms with Gasteiger partial charge in [-0.3, -0.25) is 4.79 Å². The van der Waals surface area contributed by atoms with Gasteiger partial charge in [-0.2, -0.15) is 0 Å². The van der Waals surface area contributed by atoms with Gasteiger partial charge >= 0.3 is 17.9 Å². The van der Waals surface area contributed by atoms with Crippen LogP contribution in [0.1, 0.15) is 40.0 Å². The molecule has 1 N–H and O–H groups in total. The number of carbonyl (C=O) groups is 4. The quantitative estimate of drug-likeness (QED) is 0.322. The highest BCUT2D eigenvalue weighted by Gasteiger charge is 2.44. The molecule has 1 saturated carbocycles. The molecule has 0 aromatic heterocycles.